The molecule has 0 radical (unpaired) electrons. The summed E-state index contributed by atoms with van der Waals surface area (Å²) in [6, 6.07) is 9.61. The van der Waals surface area contributed by atoms with Crippen molar-refractivity contribution in [3.8, 4) is 5.75 Å². The molecule has 0 saturated carbocycles. The van der Waals surface area contributed by atoms with Crippen molar-refractivity contribution in [3.05, 3.63) is 58.3 Å². The number of aliphatic hydroxyl groups is 1. The zero-order valence-electron chi connectivity index (χ0n) is 10.7. The van der Waals surface area contributed by atoms with Crippen LogP contribution in [0.1, 0.15) is 11.1 Å². The Labute approximate surface area is 121 Å². The van der Waals surface area contributed by atoms with Crippen molar-refractivity contribution in [2.45, 2.75) is 18.9 Å². The second-order valence-corrected chi connectivity index (χ2v) is 5.23. The summed E-state index contributed by atoms with van der Waals surface area (Å²) in [7, 11) is 1.64. The molecule has 0 aliphatic rings. The third-order valence-corrected chi connectivity index (χ3v) is 3.70. The normalized spacial score (nSPS) is 12.2. The lowest BCUT2D eigenvalue weighted by Crippen LogP contribution is -2.14. The van der Waals surface area contributed by atoms with E-state index in [0.29, 0.717) is 12.8 Å². The number of aliphatic hydroxyl groups excluding tert-OH is 1. The summed E-state index contributed by atoms with van der Waals surface area (Å²) in [5, 5.41) is 10.2. The third-order valence-electron chi connectivity index (χ3n) is 2.93. The van der Waals surface area contributed by atoms with Gasteiger partial charge in [-0.2, -0.15) is 0 Å². The number of pyridine rings is 1. The fourth-order valence-electron chi connectivity index (χ4n) is 1.95. The summed E-state index contributed by atoms with van der Waals surface area (Å²) >= 11 is 3.50. The second kappa shape index (κ2) is 6.68. The monoisotopic (exact) mass is 321 g/mol. The van der Waals surface area contributed by atoms with Crippen LogP contribution in [0.4, 0.5) is 0 Å². The van der Waals surface area contributed by atoms with E-state index in [1.54, 1.807) is 19.5 Å². The number of benzene rings is 1. The van der Waals surface area contributed by atoms with E-state index in [2.05, 4.69) is 20.9 Å². The Hall–Kier alpha value is -1.39. The molecule has 0 amide bonds. The fourth-order valence-corrected chi connectivity index (χ4v) is 2.36. The van der Waals surface area contributed by atoms with Crippen LogP contribution in [0.3, 0.4) is 0 Å². The summed E-state index contributed by atoms with van der Waals surface area (Å²) in [6.45, 7) is 0. The van der Waals surface area contributed by atoms with Crippen LogP contribution in [0.5, 0.6) is 5.75 Å². The van der Waals surface area contributed by atoms with Crippen LogP contribution in [-0.2, 0) is 12.8 Å². The fraction of sp³-hybridized carbons (Fsp3) is 0.267. The molecule has 0 bridgehead atoms. The minimum Gasteiger partial charge on any atom is -0.497 e. The van der Waals surface area contributed by atoms with Crippen molar-refractivity contribution in [1.29, 1.82) is 0 Å². The molecule has 2 rings (SSSR count). The van der Waals surface area contributed by atoms with Crippen molar-refractivity contribution in [3.63, 3.8) is 0 Å². The summed E-state index contributed by atoms with van der Waals surface area (Å²) in [5.41, 5.74) is 2.13. The first kappa shape index (κ1) is 14.0. The number of hydrogen-bond acceptors (Lipinski definition) is 3. The zero-order chi connectivity index (χ0) is 13.7. The maximum Gasteiger partial charge on any atom is 0.119 e. The Bertz CT molecular complexity index is 531. The van der Waals surface area contributed by atoms with E-state index in [1.807, 2.05) is 30.3 Å². The number of nitrogens with zero attached hydrogens (tertiary/aromatic N) is 1. The van der Waals surface area contributed by atoms with Gasteiger partial charge in [-0.25, -0.2) is 0 Å². The van der Waals surface area contributed by atoms with Crippen LogP contribution in [0.2, 0.25) is 0 Å². The van der Waals surface area contributed by atoms with Gasteiger partial charge in [0.05, 0.1) is 13.2 Å². The number of methoxy groups -OCH3 is 1. The van der Waals surface area contributed by atoms with Crippen molar-refractivity contribution < 1.29 is 9.84 Å². The lowest BCUT2D eigenvalue weighted by atomic mass is 10.0. The molecule has 2 aromatic rings. The van der Waals surface area contributed by atoms with Crippen LogP contribution < -0.4 is 4.74 Å². The van der Waals surface area contributed by atoms with E-state index < -0.39 is 6.10 Å². The first-order chi connectivity index (χ1) is 9.19. The topological polar surface area (TPSA) is 42.4 Å². The molecular formula is C15H16BrNO2. The molecule has 1 aromatic heterocycles. The molecular weight excluding hydrogens is 306 g/mol. The zero-order valence-corrected chi connectivity index (χ0v) is 12.3. The molecule has 1 N–H and O–H groups in total. The quantitative estimate of drug-likeness (QED) is 0.920. The van der Waals surface area contributed by atoms with Crippen molar-refractivity contribution in [2.24, 2.45) is 0 Å². The SMILES string of the molecule is COc1ccc(Br)c(CC(O)Cc2ccncc2)c1. The maximum atomic E-state index is 10.2. The Balaban J connectivity index is 2.04. The van der Waals surface area contributed by atoms with E-state index in [-0.39, 0.29) is 0 Å². The van der Waals surface area contributed by atoms with Gasteiger partial charge < -0.3 is 9.84 Å². The summed E-state index contributed by atoms with van der Waals surface area (Å²) in [5.74, 6) is 0.800. The largest absolute Gasteiger partial charge is 0.497 e. The predicted molar refractivity (Wildman–Crippen MR) is 78.3 cm³/mol. The molecule has 1 aromatic carbocycles. The molecule has 100 valence electrons. The highest BCUT2D eigenvalue weighted by atomic mass is 79.9. The van der Waals surface area contributed by atoms with E-state index in [1.165, 1.54) is 0 Å². The number of aromatic nitrogens is 1. The Morgan fingerprint density at radius 3 is 2.63 bits per heavy atom. The summed E-state index contributed by atoms with van der Waals surface area (Å²) in [6.07, 6.45) is 4.25. The molecule has 4 heteroatoms. The molecule has 3 nitrogen and oxygen atoms in total. The standard InChI is InChI=1S/C15H16BrNO2/c1-19-14-2-3-15(16)12(10-14)9-13(18)8-11-4-6-17-7-5-11/h2-7,10,13,18H,8-9H2,1H3. The first-order valence-corrected chi connectivity index (χ1v) is 6.87. The third kappa shape index (κ3) is 4.04. The molecule has 0 aliphatic heterocycles. The number of hydrogen-bond donors (Lipinski definition) is 1. The first-order valence-electron chi connectivity index (χ1n) is 6.08. The van der Waals surface area contributed by atoms with Crippen molar-refractivity contribution >= 4 is 15.9 Å². The highest BCUT2D eigenvalue weighted by Gasteiger charge is 2.10. The molecule has 1 unspecified atom stereocenters. The summed E-state index contributed by atoms with van der Waals surface area (Å²) < 4.78 is 6.19. The van der Waals surface area contributed by atoms with Gasteiger partial charge >= 0.3 is 0 Å². The van der Waals surface area contributed by atoms with Crippen LogP contribution in [0.25, 0.3) is 0 Å². The molecule has 1 atom stereocenters. The van der Waals surface area contributed by atoms with E-state index >= 15 is 0 Å². The smallest absolute Gasteiger partial charge is 0.119 e. The Morgan fingerprint density at radius 1 is 1.21 bits per heavy atom. The van der Waals surface area contributed by atoms with Gasteiger partial charge in [-0.05, 0) is 54.3 Å². The van der Waals surface area contributed by atoms with E-state index in [0.717, 1.165) is 21.3 Å². The molecule has 19 heavy (non-hydrogen) atoms. The van der Waals surface area contributed by atoms with Gasteiger partial charge in [-0.1, -0.05) is 15.9 Å². The lowest BCUT2D eigenvalue weighted by molar-refractivity contribution is 0.175. The lowest BCUT2D eigenvalue weighted by Gasteiger charge is -2.13. The van der Waals surface area contributed by atoms with Crippen molar-refractivity contribution in [1.82, 2.24) is 4.98 Å². The van der Waals surface area contributed by atoms with E-state index in [4.69, 9.17) is 4.74 Å². The Kier molecular flexibility index (Phi) is 4.93. The van der Waals surface area contributed by atoms with Gasteiger partial charge in [0, 0.05) is 16.9 Å². The van der Waals surface area contributed by atoms with Crippen LogP contribution in [0, 0.1) is 0 Å². The van der Waals surface area contributed by atoms with Gasteiger partial charge in [0.2, 0.25) is 0 Å². The van der Waals surface area contributed by atoms with Crippen LogP contribution in [-0.4, -0.2) is 23.3 Å². The molecule has 0 aliphatic carbocycles. The number of halogens is 1. The Morgan fingerprint density at radius 2 is 1.95 bits per heavy atom. The highest BCUT2D eigenvalue weighted by Crippen LogP contribution is 2.24. The average molecular weight is 322 g/mol. The maximum absolute atomic E-state index is 10.2. The average Bonchev–Trinajstić information content (AvgIpc) is 2.42. The van der Waals surface area contributed by atoms with Gasteiger partial charge in [0.15, 0.2) is 0 Å². The molecule has 0 spiro atoms. The predicted octanol–water partition coefficient (Wildman–Crippen LogP) is 3.00. The van der Waals surface area contributed by atoms with Gasteiger partial charge in [0.25, 0.3) is 0 Å². The highest BCUT2D eigenvalue weighted by molar-refractivity contribution is 9.10. The summed E-state index contributed by atoms with van der Waals surface area (Å²) in [4.78, 5) is 3.97. The minimum absolute atomic E-state index is 0.425. The van der Waals surface area contributed by atoms with Gasteiger partial charge in [0.1, 0.15) is 5.75 Å². The minimum atomic E-state index is -0.425. The molecule has 1 heterocycles. The van der Waals surface area contributed by atoms with E-state index in [9.17, 15) is 5.11 Å². The number of ether oxygens (including phenoxy) is 1. The number of rotatable bonds is 5. The molecule has 0 fully saturated rings. The van der Waals surface area contributed by atoms with Gasteiger partial charge in [-0.15, -0.1) is 0 Å². The van der Waals surface area contributed by atoms with Crippen LogP contribution >= 0.6 is 15.9 Å². The van der Waals surface area contributed by atoms with Crippen LogP contribution in [0.15, 0.2) is 47.2 Å². The molecule has 0 saturated heterocycles. The van der Waals surface area contributed by atoms with Crippen molar-refractivity contribution in [2.75, 3.05) is 7.11 Å². The van der Waals surface area contributed by atoms with Gasteiger partial charge in [-0.3, -0.25) is 4.98 Å². The second-order valence-electron chi connectivity index (χ2n) is 4.37.